The first kappa shape index (κ1) is 13.8. The lowest BCUT2D eigenvalue weighted by Crippen LogP contribution is -2.41. The van der Waals surface area contributed by atoms with Crippen molar-refractivity contribution < 1.29 is 4.79 Å². The Hall–Kier alpha value is -1.22. The van der Waals surface area contributed by atoms with Crippen LogP contribution in [-0.4, -0.2) is 12.1 Å². The van der Waals surface area contributed by atoms with Gasteiger partial charge in [0.25, 0.3) is 0 Å². The summed E-state index contributed by atoms with van der Waals surface area (Å²) in [6, 6.07) is 7.43. The van der Waals surface area contributed by atoms with Gasteiger partial charge in [-0.1, -0.05) is 36.7 Å². The number of benzene rings is 1. The Morgan fingerprint density at radius 2 is 1.94 bits per heavy atom. The van der Waals surface area contributed by atoms with Gasteiger partial charge in [0.1, 0.15) is 0 Å². The van der Waals surface area contributed by atoms with Gasteiger partial charge < -0.3 is 10.6 Å². The molecule has 3 nitrogen and oxygen atoms in total. The zero-order valence-electron chi connectivity index (χ0n) is 10.5. The van der Waals surface area contributed by atoms with Gasteiger partial charge in [-0.05, 0) is 31.9 Å². The minimum atomic E-state index is -0.160. The van der Waals surface area contributed by atoms with Crippen LogP contribution in [-0.2, 0) is 0 Å². The van der Waals surface area contributed by atoms with Crippen LogP contribution in [0.3, 0.4) is 0 Å². The van der Waals surface area contributed by atoms with Crippen molar-refractivity contribution in [2.45, 2.75) is 39.3 Å². The van der Waals surface area contributed by atoms with Crippen molar-refractivity contribution in [3.05, 3.63) is 34.9 Å². The molecule has 2 unspecified atom stereocenters. The normalized spacial score (nSPS) is 13.9. The topological polar surface area (TPSA) is 41.1 Å². The maximum absolute atomic E-state index is 11.6. The molecular formula is C13H19ClN2O. The fourth-order valence-electron chi connectivity index (χ4n) is 1.47. The van der Waals surface area contributed by atoms with Crippen LogP contribution in [0.2, 0.25) is 5.02 Å². The van der Waals surface area contributed by atoms with Gasteiger partial charge in [0.2, 0.25) is 0 Å². The standard InChI is InChI=1S/C13H19ClN2O/c1-4-9(2)15-13(17)16-10(3)11-7-5-6-8-12(11)14/h5-10H,4H2,1-3H3,(H2,15,16,17). The zero-order chi connectivity index (χ0) is 12.8. The predicted molar refractivity (Wildman–Crippen MR) is 71.3 cm³/mol. The van der Waals surface area contributed by atoms with Crippen molar-refractivity contribution in [2.24, 2.45) is 0 Å². The number of carbonyl (C=O) groups is 1. The van der Waals surface area contributed by atoms with Crippen LogP contribution in [0.5, 0.6) is 0 Å². The molecule has 0 saturated carbocycles. The summed E-state index contributed by atoms with van der Waals surface area (Å²) in [5.41, 5.74) is 0.925. The summed E-state index contributed by atoms with van der Waals surface area (Å²) in [6.07, 6.45) is 0.911. The molecule has 0 fully saturated rings. The summed E-state index contributed by atoms with van der Waals surface area (Å²) in [7, 11) is 0. The van der Waals surface area contributed by atoms with Crippen LogP contribution in [0, 0.1) is 0 Å². The van der Waals surface area contributed by atoms with Crippen LogP contribution >= 0.6 is 11.6 Å². The van der Waals surface area contributed by atoms with E-state index in [1.54, 1.807) is 0 Å². The second-order valence-corrected chi connectivity index (χ2v) is 4.58. The second-order valence-electron chi connectivity index (χ2n) is 4.17. The average Bonchev–Trinajstić information content (AvgIpc) is 2.29. The molecule has 0 bridgehead atoms. The lowest BCUT2D eigenvalue weighted by Gasteiger charge is -2.18. The molecule has 2 atom stereocenters. The Morgan fingerprint density at radius 3 is 2.53 bits per heavy atom. The molecule has 2 N–H and O–H groups in total. The van der Waals surface area contributed by atoms with Gasteiger partial charge in [-0.25, -0.2) is 4.79 Å². The largest absolute Gasteiger partial charge is 0.336 e. The summed E-state index contributed by atoms with van der Waals surface area (Å²) < 4.78 is 0. The number of urea groups is 1. The van der Waals surface area contributed by atoms with E-state index in [1.807, 2.05) is 45.0 Å². The third kappa shape index (κ3) is 4.27. The van der Waals surface area contributed by atoms with Crippen molar-refractivity contribution in [3.63, 3.8) is 0 Å². The maximum atomic E-state index is 11.6. The summed E-state index contributed by atoms with van der Waals surface area (Å²) >= 11 is 6.06. The van der Waals surface area contributed by atoms with Crippen LogP contribution in [0.15, 0.2) is 24.3 Å². The van der Waals surface area contributed by atoms with E-state index in [0.717, 1.165) is 12.0 Å². The first-order chi connectivity index (χ1) is 8.04. The number of halogens is 1. The molecule has 94 valence electrons. The molecule has 0 heterocycles. The highest BCUT2D eigenvalue weighted by Crippen LogP contribution is 2.21. The third-order valence-electron chi connectivity index (χ3n) is 2.71. The summed E-state index contributed by atoms with van der Waals surface area (Å²) in [4.78, 5) is 11.6. The number of hydrogen-bond donors (Lipinski definition) is 2. The highest BCUT2D eigenvalue weighted by molar-refractivity contribution is 6.31. The molecule has 0 saturated heterocycles. The molecule has 0 aromatic heterocycles. The lowest BCUT2D eigenvalue weighted by molar-refractivity contribution is 0.234. The van der Waals surface area contributed by atoms with Gasteiger partial charge in [-0.15, -0.1) is 0 Å². The number of hydrogen-bond acceptors (Lipinski definition) is 1. The van der Waals surface area contributed by atoms with Crippen LogP contribution in [0.1, 0.15) is 38.8 Å². The van der Waals surface area contributed by atoms with E-state index in [-0.39, 0.29) is 18.1 Å². The highest BCUT2D eigenvalue weighted by Gasteiger charge is 2.12. The van der Waals surface area contributed by atoms with Gasteiger partial charge in [0.05, 0.1) is 6.04 Å². The minimum Gasteiger partial charge on any atom is -0.336 e. The summed E-state index contributed by atoms with van der Waals surface area (Å²) in [6.45, 7) is 5.92. The Labute approximate surface area is 108 Å². The monoisotopic (exact) mass is 254 g/mol. The first-order valence-corrected chi connectivity index (χ1v) is 6.23. The van der Waals surface area contributed by atoms with Gasteiger partial charge in [0.15, 0.2) is 0 Å². The third-order valence-corrected chi connectivity index (χ3v) is 3.05. The fourth-order valence-corrected chi connectivity index (χ4v) is 1.77. The van der Waals surface area contributed by atoms with Crippen LogP contribution in [0.4, 0.5) is 4.79 Å². The molecule has 1 aromatic carbocycles. The quantitative estimate of drug-likeness (QED) is 0.848. The smallest absolute Gasteiger partial charge is 0.315 e. The molecule has 1 aromatic rings. The van der Waals surface area contributed by atoms with Crippen molar-refractivity contribution in [1.29, 1.82) is 0 Å². The van der Waals surface area contributed by atoms with Gasteiger partial charge in [-0.2, -0.15) is 0 Å². The van der Waals surface area contributed by atoms with Crippen molar-refractivity contribution >= 4 is 17.6 Å². The predicted octanol–water partition coefficient (Wildman–Crippen LogP) is 3.50. The van der Waals surface area contributed by atoms with Crippen molar-refractivity contribution in [1.82, 2.24) is 10.6 Å². The summed E-state index contributed by atoms with van der Waals surface area (Å²) in [5, 5.41) is 6.39. The molecule has 0 aliphatic rings. The van der Waals surface area contributed by atoms with E-state index < -0.39 is 0 Å². The van der Waals surface area contributed by atoms with Gasteiger partial charge in [0, 0.05) is 11.1 Å². The first-order valence-electron chi connectivity index (χ1n) is 5.86. The zero-order valence-corrected chi connectivity index (χ0v) is 11.2. The molecule has 17 heavy (non-hydrogen) atoms. The SMILES string of the molecule is CCC(C)NC(=O)NC(C)c1ccccc1Cl. The minimum absolute atomic E-state index is 0.104. The van der Waals surface area contributed by atoms with E-state index >= 15 is 0 Å². The average molecular weight is 255 g/mol. The maximum Gasteiger partial charge on any atom is 0.315 e. The Kier molecular flexibility index (Phi) is 5.29. The number of nitrogens with one attached hydrogen (secondary N) is 2. The fraction of sp³-hybridized carbons (Fsp3) is 0.462. The second kappa shape index (κ2) is 6.50. The van der Waals surface area contributed by atoms with Gasteiger partial charge >= 0.3 is 6.03 Å². The Morgan fingerprint density at radius 1 is 1.29 bits per heavy atom. The number of carbonyl (C=O) groups excluding carboxylic acids is 1. The molecule has 4 heteroatoms. The van der Waals surface area contributed by atoms with Gasteiger partial charge in [-0.3, -0.25) is 0 Å². The van der Waals surface area contributed by atoms with E-state index in [1.165, 1.54) is 0 Å². The van der Waals surface area contributed by atoms with E-state index in [2.05, 4.69) is 10.6 Å². The highest BCUT2D eigenvalue weighted by atomic mass is 35.5. The van der Waals surface area contributed by atoms with Crippen LogP contribution in [0.25, 0.3) is 0 Å². The number of amides is 2. The van der Waals surface area contributed by atoms with E-state index in [4.69, 9.17) is 11.6 Å². The molecule has 0 spiro atoms. The lowest BCUT2D eigenvalue weighted by atomic mass is 10.1. The Balaban J connectivity index is 2.58. The molecular weight excluding hydrogens is 236 g/mol. The van der Waals surface area contributed by atoms with Crippen molar-refractivity contribution in [3.8, 4) is 0 Å². The van der Waals surface area contributed by atoms with Crippen molar-refractivity contribution in [2.75, 3.05) is 0 Å². The summed E-state index contributed by atoms with van der Waals surface area (Å²) in [5.74, 6) is 0. The van der Waals surface area contributed by atoms with E-state index in [9.17, 15) is 4.79 Å². The molecule has 0 radical (unpaired) electrons. The molecule has 2 amide bonds. The number of rotatable bonds is 4. The van der Waals surface area contributed by atoms with E-state index in [0.29, 0.717) is 5.02 Å². The Bertz CT molecular complexity index is 381. The molecule has 0 aliphatic carbocycles. The molecule has 0 aliphatic heterocycles. The molecule has 1 rings (SSSR count). The van der Waals surface area contributed by atoms with Crippen LogP contribution < -0.4 is 10.6 Å².